The zero-order chi connectivity index (χ0) is 30.7. The Morgan fingerprint density at radius 2 is 1.83 bits per heavy atom. The monoisotopic (exact) mass is 602 g/mol. The first-order chi connectivity index (χ1) is 19.7. The highest BCUT2D eigenvalue weighted by atomic mass is 35.5. The normalized spacial score (nSPS) is 19.9. The Kier molecular flexibility index (Phi) is 7.86. The van der Waals surface area contributed by atoms with Crippen LogP contribution in [-0.2, 0) is 0 Å². The van der Waals surface area contributed by atoms with Crippen molar-refractivity contribution in [3.05, 3.63) is 40.9 Å². The van der Waals surface area contributed by atoms with Crippen molar-refractivity contribution in [2.45, 2.75) is 45.8 Å². The van der Waals surface area contributed by atoms with E-state index in [1.807, 2.05) is 51.6 Å². The summed E-state index contributed by atoms with van der Waals surface area (Å²) in [5.41, 5.74) is -0.608. The van der Waals surface area contributed by atoms with Crippen molar-refractivity contribution < 1.29 is 23.4 Å². The summed E-state index contributed by atoms with van der Waals surface area (Å²) in [7, 11) is 5.39. The number of halogens is 3. The lowest BCUT2D eigenvalue weighted by Crippen LogP contribution is -2.64. The molecule has 2 aliphatic rings. The molecule has 9 nitrogen and oxygen atoms in total. The number of rotatable bonds is 5. The second kappa shape index (κ2) is 11.0. The van der Waals surface area contributed by atoms with E-state index in [1.54, 1.807) is 12.1 Å². The molecule has 226 valence electrons. The zero-order valence-electron chi connectivity index (χ0n) is 25.0. The van der Waals surface area contributed by atoms with Gasteiger partial charge in [-0.25, -0.2) is 18.6 Å². The molecule has 0 bridgehead atoms. The highest BCUT2D eigenvalue weighted by Gasteiger charge is 2.44. The number of anilines is 2. The summed E-state index contributed by atoms with van der Waals surface area (Å²) < 4.78 is 37.1. The Labute approximate surface area is 249 Å². The van der Waals surface area contributed by atoms with Gasteiger partial charge in [-0.05, 0) is 44.6 Å². The van der Waals surface area contributed by atoms with Crippen LogP contribution >= 0.6 is 11.6 Å². The molecule has 42 heavy (non-hydrogen) atoms. The maximum absolute atomic E-state index is 16.6. The molecule has 1 amide bonds. The number of aromatic nitrogens is 2. The first-order valence-corrected chi connectivity index (χ1v) is 14.3. The quantitative estimate of drug-likeness (QED) is 0.405. The second-order valence-electron chi connectivity index (χ2n) is 12.4. The van der Waals surface area contributed by atoms with Crippen LogP contribution in [0.25, 0.3) is 22.0 Å². The third kappa shape index (κ3) is 5.06. The Morgan fingerprint density at radius 3 is 2.43 bits per heavy atom. The van der Waals surface area contributed by atoms with Gasteiger partial charge in [0.05, 0.1) is 23.7 Å². The molecule has 2 unspecified atom stereocenters. The number of benzene rings is 2. The van der Waals surface area contributed by atoms with E-state index >= 15 is 8.78 Å². The van der Waals surface area contributed by atoms with Gasteiger partial charge in [-0.3, -0.25) is 0 Å². The van der Waals surface area contributed by atoms with Crippen molar-refractivity contribution in [1.29, 1.82) is 0 Å². The van der Waals surface area contributed by atoms with Gasteiger partial charge in [0, 0.05) is 49.2 Å². The van der Waals surface area contributed by atoms with Gasteiger partial charge in [-0.2, -0.15) is 4.98 Å². The van der Waals surface area contributed by atoms with Gasteiger partial charge in [-0.15, -0.1) is 0 Å². The number of hydrogen-bond acceptors (Lipinski definition) is 7. The number of methoxy groups -OCH3 is 1. The predicted octanol–water partition coefficient (Wildman–Crippen LogP) is 5.59. The molecule has 0 saturated carbocycles. The molecule has 2 aromatic carbocycles. The molecule has 3 heterocycles. The van der Waals surface area contributed by atoms with Crippen LogP contribution in [0.4, 0.5) is 25.3 Å². The fraction of sp³-hybridized carbons (Fsp3) is 0.500. The van der Waals surface area contributed by atoms with E-state index in [4.69, 9.17) is 21.3 Å². The highest BCUT2D eigenvalue weighted by molar-refractivity contribution is 6.34. The lowest BCUT2D eigenvalue weighted by molar-refractivity contribution is 0.0562. The number of carbonyl (C=O) groups is 1. The third-order valence-corrected chi connectivity index (χ3v) is 8.74. The average Bonchev–Trinajstić information content (AvgIpc) is 2.87. The first kappa shape index (κ1) is 30.0. The van der Waals surface area contributed by atoms with Gasteiger partial charge in [0.2, 0.25) is 5.95 Å². The molecule has 0 radical (unpaired) electrons. The van der Waals surface area contributed by atoms with Crippen LogP contribution in [0.1, 0.15) is 27.7 Å². The molecule has 1 N–H and O–H groups in total. The summed E-state index contributed by atoms with van der Waals surface area (Å²) in [6, 6.07) is 5.45. The minimum absolute atomic E-state index is 0.00758. The van der Waals surface area contributed by atoms with Crippen LogP contribution in [0.2, 0.25) is 5.02 Å². The van der Waals surface area contributed by atoms with Crippen molar-refractivity contribution >= 4 is 40.4 Å². The molecule has 5 rings (SSSR count). The van der Waals surface area contributed by atoms with E-state index in [0.717, 1.165) is 0 Å². The number of likely N-dealkylation sites (N-methyl/N-ethyl adjacent to an activating group) is 1. The number of fused-ring (bicyclic) bond motifs is 1. The van der Waals surface area contributed by atoms with E-state index in [1.165, 1.54) is 24.1 Å². The van der Waals surface area contributed by atoms with Crippen molar-refractivity contribution in [2.24, 2.45) is 5.41 Å². The van der Waals surface area contributed by atoms with E-state index in [-0.39, 0.29) is 46.0 Å². The fourth-order valence-electron chi connectivity index (χ4n) is 6.31. The van der Waals surface area contributed by atoms with Crippen LogP contribution in [0.15, 0.2) is 24.3 Å². The number of hydrogen-bond donors (Lipinski definition) is 1. The van der Waals surface area contributed by atoms with Gasteiger partial charge in [0.25, 0.3) is 0 Å². The van der Waals surface area contributed by atoms with E-state index in [9.17, 15) is 9.90 Å². The molecule has 2 saturated heterocycles. The van der Waals surface area contributed by atoms with Crippen LogP contribution in [-0.4, -0.2) is 96.5 Å². The second-order valence-corrected chi connectivity index (χ2v) is 12.8. The van der Waals surface area contributed by atoms with Crippen LogP contribution in [0, 0.1) is 17.0 Å². The molecule has 2 atom stereocenters. The smallest absolute Gasteiger partial charge is 0.407 e. The molecule has 1 aromatic heterocycles. The van der Waals surface area contributed by atoms with Crippen LogP contribution < -0.4 is 14.5 Å². The molecular weight excluding hydrogens is 566 g/mol. The topological polar surface area (TPSA) is 85.3 Å². The lowest BCUT2D eigenvalue weighted by atomic mass is 9.80. The van der Waals surface area contributed by atoms with Gasteiger partial charge >= 0.3 is 6.09 Å². The maximum atomic E-state index is 16.6. The standard InChI is InChI=1S/C30H37ClF2N6O3/c1-16-26(30(2,3)4)39(29(40)41)12-11-38(16)27-18-13-19(31)22(23-20(32)9-8-10-21(23)42-7)24(33)25(18)34-28(35-27)37-14-17(15-37)36(5)6/h8-10,13,16-17,26H,11-12,14-15H2,1-7H3,(H,40,41). The third-order valence-electron chi connectivity index (χ3n) is 8.44. The Balaban J connectivity index is 1.73. The molecule has 2 aliphatic heterocycles. The molecular formula is C30H37ClF2N6O3. The Bertz CT molecular complexity index is 1530. The maximum Gasteiger partial charge on any atom is 0.407 e. The van der Waals surface area contributed by atoms with Crippen molar-refractivity contribution in [1.82, 2.24) is 19.8 Å². The average molecular weight is 603 g/mol. The number of ether oxygens (including phenoxy) is 1. The minimum atomic E-state index is -0.984. The van der Waals surface area contributed by atoms with Gasteiger partial charge in [0.1, 0.15) is 22.9 Å². The minimum Gasteiger partial charge on any atom is -0.496 e. The summed E-state index contributed by atoms with van der Waals surface area (Å²) in [5, 5.41) is 10.3. The first-order valence-electron chi connectivity index (χ1n) is 13.9. The zero-order valence-corrected chi connectivity index (χ0v) is 25.7. The number of piperazine rings is 1. The number of carboxylic acid groups (broad SMARTS) is 1. The summed E-state index contributed by atoms with van der Waals surface area (Å²) in [5.74, 6) is -0.495. The SMILES string of the molecule is COc1cccc(F)c1-c1c(Cl)cc2c(N3CCN(C(=O)O)C(C(C)(C)C)C3C)nc(N3CC(N(C)C)C3)nc2c1F. The molecule has 0 spiro atoms. The van der Waals surface area contributed by atoms with Crippen molar-refractivity contribution in [3.8, 4) is 16.9 Å². The molecule has 12 heteroatoms. The van der Waals surface area contributed by atoms with E-state index in [2.05, 4.69) is 9.88 Å². The Hall–Kier alpha value is -3.44. The molecule has 2 fully saturated rings. The summed E-state index contributed by atoms with van der Waals surface area (Å²) in [6.07, 6.45) is -0.984. The summed E-state index contributed by atoms with van der Waals surface area (Å²) >= 11 is 6.71. The number of nitrogens with zero attached hydrogens (tertiary/aromatic N) is 6. The van der Waals surface area contributed by atoms with Gasteiger partial charge in [-0.1, -0.05) is 38.4 Å². The van der Waals surface area contributed by atoms with Crippen molar-refractivity contribution in [3.63, 3.8) is 0 Å². The lowest BCUT2D eigenvalue weighted by Gasteiger charge is -2.51. The largest absolute Gasteiger partial charge is 0.496 e. The molecule has 0 aliphatic carbocycles. The Morgan fingerprint density at radius 1 is 1.14 bits per heavy atom. The fourth-order valence-corrected chi connectivity index (χ4v) is 6.60. The number of amides is 1. The van der Waals surface area contributed by atoms with Gasteiger partial charge in [0.15, 0.2) is 5.82 Å². The highest BCUT2D eigenvalue weighted by Crippen LogP contribution is 2.44. The van der Waals surface area contributed by atoms with Crippen molar-refractivity contribution in [2.75, 3.05) is 57.2 Å². The summed E-state index contributed by atoms with van der Waals surface area (Å²) in [4.78, 5) is 29.4. The van der Waals surface area contributed by atoms with Crippen LogP contribution in [0.5, 0.6) is 5.75 Å². The van der Waals surface area contributed by atoms with Crippen LogP contribution in [0.3, 0.4) is 0 Å². The summed E-state index contributed by atoms with van der Waals surface area (Å²) in [6.45, 7) is 9.88. The van der Waals surface area contributed by atoms with Gasteiger partial charge < -0.3 is 29.4 Å². The molecule has 3 aromatic rings. The predicted molar refractivity (Wildman–Crippen MR) is 161 cm³/mol. The van der Waals surface area contributed by atoms with E-state index in [0.29, 0.717) is 42.8 Å². The van der Waals surface area contributed by atoms with E-state index < -0.39 is 23.1 Å².